The number of hydrogen-bond acceptors (Lipinski definition) is 3. The van der Waals surface area contributed by atoms with Gasteiger partial charge in [-0.15, -0.1) is 5.10 Å². The van der Waals surface area contributed by atoms with Crippen LogP contribution in [0.25, 0.3) is 5.69 Å². The zero-order valence-electron chi connectivity index (χ0n) is 12.1. The Kier molecular flexibility index (Phi) is 4.76. The van der Waals surface area contributed by atoms with Gasteiger partial charge in [0.2, 0.25) is 0 Å². The molecule has 0 spiro atoms. The fraction of sp³-hybridized carbons (Fsp3) is 0.0625. The van der Waals surface area contributed by atoms with Gasteiger partial charge in [-0.3, -0.25) is 4.79 Å². The lowest BCUT2D eigenvalue weighted by Crippen LogP contribution is -2.14. The van der Waals surface area contributed by atoms with E-state index in [1.165, 1.54) is 0 Å². The molecule has 0 radical (unpaired) electrons. The van der Waals surface area contributed by atoms with E-state index in [1.54, 1.807) is 4.68 Å². The quantitative estimate of drug-likeness (QED) is 0.569. The molecule has 1 N–H and O–H groups in total. The SMILES string of the molecule is Cc1c(C(=O)Nc2cccc(I)c2)nnn1-c1cccc(Br)c1. The van der Waals surface area contributed by atoms with Gasteiger partial charge in [0.25, 0.3) is 5.91 Å². The van der Waals surface area contributed by atoms with Gasteiger partial charge < -0.3 is 5.32 Å². The van der Waals surface area contributed by atoms with Gasteiger partial charge in [0, 0.05) is 13.7 Å². The maximum absolute atomic E-state index is 12.4. The fourth-order valence-corrected chi connectivity index (χ4v) is 3.08. The number of amides is 1. The van der Waals surface area contributed by atoms with Gasteiger partial charge in [0.15, 0.2) is 5.69 Å². The van der Waals surface area contributed by atoms with Crippen molar-refractivity contribution in [1.29, 1.82) is 0 Å². The molecule has 1 heterocycles. The first-order valence-electron chi connectivity index (χ1n) is 6.80. The van der Waals surface area contributed by atoms with E-state index in [-0.39, 0.29) is 5.91 Å². The van der Waals surface area contributed by atoms with E-state index >= 15 is 0 Å². The van der Waals surface area contributed by atoms with Crippen LogP contribution in [0.3, 0.4) is 0 Å². The molecule has 0 unspecified atom stereocenters. The number of aromatic nitrogens is 3. The Balaban J connectivity index is 1.88. The van der Waals surface area contributed by atoms with Crippen molar-refractivity contribution in [3.8, 4) is 5.69 Å². The molecule has 0 saturated carbocycles. The molecule has 7 heteroatoms. The Hall–Kier alpha value is -1.74. The number of nitrogens with zero attached hydrogens (tertiary/aromatic N) is 3. The molecular formula is C16H12BrIN4O. The summed E-state index contributed by atoms with van der Waals surface area (Å²) in [7, 11) is 0. The summed E-state index contributed by atoms with van der Waals surface area (Å²) in [5.74, 6) is -0.272. The molecule has 0 aliphatic rings. The Morgan fingerprint density at radius 3 is 2.74 bits per heavy atom. The number of carbonyl (C=O) groups is 1. The second kappa shape index (κ2) is 6.79. The van der Waals surface area contributed by atoms with Crippen molar-refractivity contribution in [2.24, 2.45) is 0 Å². The molecule has 2 aromatic carbocycles. The summed E-state index contributed by atoms with van der Waals surface area (Å²) < 4.78 is 3.64. The Labute approximate surface area is 155 Å². The molecule has 23 heavy (non-hydrogen) atoms. The maximum Gasteiger partial charge on any atom is 0.278 e. The highest BCUT2D eigenvalue weighted by atomic mass is 127. The van der Waals surface area contributed by atoms with Crippen molar-refractivity contribution in [1.82, 2.24) is 15.0 Å². The van der Waals surface area contributed by atoms with Crippen LogP contribution in [-0.4, -0.2) is 20.9 Å². The molecule has 0 bridgehead atoms. The first kappa shape index (κ1) is 16.1. The summed E-state index contributed by atoms with van der Waals surface area (Å²) in [6.07, 6.45) is 0. The highest BCUT2D eigenvalue weighted by Crippen LogP contribution is 2.18. The van der Waals surface area contributed by atoms with Gasteiger partial charge >= 0.3 is 0 Å². The molecule has 3 aromatic rings. The standard InChI is InChI=1S/C16H12BrIN4O/c1-10-15(16(23)19-13-6-3-5-12(18)9-13)20-21-22(10)14-7-2-4-11(17)8-14/h2-9H,1H3,(H,19,23). The van der Waals surface area contributed by atoms with Crippen molar-refractivity contribution >= 4 is 50.1 Å². The normalized spacial score (nSPS) is 10.6. The van der Waals surface area contributed by atoms with E-state index in [2.05, 4.69) is 54.1 Å². The van der Waals surface area contributed by atoms with Crippen molar-refractivity contribution in [2.75, 3.05) is 5.32 Å². The molecular weight excluding hydrogens is 471 g/mol. The molecule has 1 aromatic heterocycles. The Bertz CT molecular complexity index is 878. The topological polar surface area (TPSA) is 59.8 Å². The molecule has 3 rings (SSSR count). The highest BCUT2D eigenvalue weighted by molar-refractivity contribution is 14.1. The first-order chi connectivity index (χ1) is 11.0. The minimum absolute atomic E-state index is 0.272. The van der Waals surface area contributed by atoms with Crippen LogP contribution in [0.2, 0.25) is 0 Å². The van der Waals surface area contributed by atoms with Crippen LogP contribution in [0.15, 0.2) is 53.0 Å². The average Bonchev–Trinajstić information content (AvgIpc) is 2.89. The fourth-order valence-electron chi connectivity index (χ4n) is 2.15. The third-order valence-corrected chi connectivity index (χ3v) is 4.41. The lowest BCUT2D eigenvalue weighted by molar-refractivity contribution is 0.102. The van der Waals surface area contributed by atoms with Gasteiger partial charge in [-0.1, -0.05) is 33.3 Å². The molecule has 1 amide bonds. The summed E-state index contributed by atoms with van der Waals surface area (Å²) >= 11 is 5.63. The van der Waals surface area contributed by atoms with E-state index in [0.717, 1.165) is 19.4 Å². The Morgan fingerprint density at radius 2 is 2.00 bits per heavy atom. The average molecular weight is 483 g/mol. The predicted molar refractivity (Wildman–Crippen MR) is 101 cm³/mol. The summed E-state index contributed by atoms with van der Waals surface area (Å²) in [5, 5.41) is 11.0. The molecule has 5 nitrogen and oxygen atoms in total. The third kappa shape index (κ3) is 3.61. The van der Waals surface area contributed by atoms with Crippen molar-refractivity contribution in [3.63, 3.8) is 0 Å². The lowest BCUT2D eigenvalue weighted by atomic mass is 10.2. The van der Waals surface area contributed by atoms with Crippen LogP contribution in [0, 0.1) is 10.5 Å². The minimum Gasteiger partial charge on any atom is -0.321 e. The minimum atomic E-state index is -0.272. The van der Waals surface area contributed by atoms with Gasteiger partial charge in [-0.25, -0.2) is 4.68 Å². The van der Waals surface area contributed by atoms with E-state index in [0.29, 0.717) is 11.4 Å². The van der Waals surface area contributed by atoms with Crippen LogP contribution < -0.4 is 5.32 Å². The zero-order chi connectivity index (χ0) is 16.4. The second-order valence-corrected chi connectivity index (χ2v) is 7.04. The number of rotatable bonds is 3. The summed E-state index contributed by atoms with van der Waals surface area (Å²) in [6, 6.07) is 15.3. The first-order valence-corrected chi connectivity index (χ1v) is 8.67. The molecule has 0 saturated heterocycles. The lowest BCUT2D eigenvalue weighted by Gasteiger charge is -2.05. The smallest absolute Gasteiger partial charge is 0.278 e. The largest absolute Gasteiger partial charge is 0.321 e. The van der Waals surface area contributed by atoms with Gasteiger partial charge in [-0.2, -0.15) is 0 Å². The van der Waals surface area contributed by atoms with Gasteiger partial charge in [0.1, 0.15) is 0 Å². The van der Waals surface area contributed by atoms with Gasteiger partial charge in [0.05, 0.1) is 11.4 Å². The molecule has 116 valence electrons. The summed E-state index contributed by atoms with van der Waals surface area (Å²) in [6.45, 7) is 1.82. The molecule has 0 aliphatic heterocycles. The number of halogens is 2. The van der Waals surface area contributed by atoms with Crippen LogP contribution >= 0.6 is 38.5 Å². The van der Waals surface area contributed by atoms with Crippen molar-refractivity contribution in [2.45, 2.75) is 6.92 Å². The summed E-state index contributed by atoms with van der Waals surface area (Å²) in [5.41, 5.74) is 2.58. The van der Waals surface area contributed by atoms with Crippen LogP contribution in [-0.2, 0) is 0 Å². The highest BCUT2D eigenvalue weighted by Gasteiger charge is 2.17. The molecule has 0 fully saturated rings. The zero-order valence-corrected chi connectivity index (χ0v) is 15.9. The summed E-state index contributed by atoms with van der Waals surface area (Å²) in [4.78, 5) is 12.4. The second-order valence-electron chi connectivity index (χ2n) is 4.88. The van der Waals surface area contributed by atoms with Gasteiger partial charge in [-0.05, 0) is 65.9 Å². The van der Waals surface area contributed by atoms with E-state index < -0.39 is 0 Å². The number of hydrogen-bond donors (Lipinski definition) is 1. The number of carbonyl (C=O) groups excluding carboxylic acids is 1. The van der Waals surface area contributed by atoms with Crippen molar-refractivity contribution < 1.29 is 4.79 Å². The number of benzene rings is 2. The van der Waals surface area contributed by atoms with E-state index in [9.17, 15) is 4.79 Å². The van der Waals surface area contributed by atoms with E-state index in [1.807, 2.05) is 55.5 Å². The molecule has 0 atom stereocenters. The maximum atomic E-state index is 12.4. The third-order valence-electron chi connectivity index (χ3n) is 3.24. The predicted octanol–water partition coefficient (Wildman–Crippen LogP) is 4.20. The number of anilines is 1. The Morgan fingerprint density at radius 1 is 1.22 bits per heavy atom. The van der Waals surface area contributed by atoms with Crippen LogP contribution in [0.5, 0.6) is 0 Å². The van der Waals surface area contributed by atoms with E-state index in [4.69, 9.17) is 0 Å². The van der Waals surface area contributed by atoms with Crippen LogP contribution in [0.1, 0.15) is 16.2 Å². The monoisotopic (exact) mass is 482 g/mol. The van der Waals surface area contributed by atoms with Crippen LogP contribution in [0.4, 0.5) is 5.69 Å². The van der Waals surface area contributed by atoms with Crippen molar-refractivity contribution in [3.05, 3.63) is 68.0 Å². The molecule has 0 aliphatic carbocycles. The number of nitrogens with one attached hydrogen (secondary N) is 1.